The van der Waals surface area contributed by atoms with Gasteiger partial charge in [-0.25, -0.2) is 13.5 Å². The SMILES string of the molecule is COCCNC(=O)CN1C(=O)CSC(c2ccc(F)cc2F)c2c(C(C)(C)C)nn(-c3ccccc3C)c21. The van der Waals surface area contributed by atoms with E-state index < -0.39 is 22.3 Å². The van der Waals surface area contributed by atoms with E-state index in [2.05, 4.69) is 5.32 Å². The number of nitrogens with zero attached hydrogens (tertiary/aromatic N) is 3. The van der Waals surface area contributed by atoms with Crippen molar-refractivity contribution >= 4 is 29.4 Å². The molecule has 10 heteroatoms. The van der Waals surface area contributed by atoms with Crippen molar-refractivity contribution in [2.45, 2.75) is 38.4 Å². The number of rotatable bonds is 7. The van der Waals surface area contributed by atoms with Gasteiger partial charge in [-0.05, 0) is 24.6 Å². The van der Waals surface area contributed by atoms with Crippen LogP contribution in [-0.2, 0) is 19.7 Å². The molecule has 0 radical (unpaired) electrons. The van der Waals surface area contributed by atoms with Crippen molar-refractivity contribution in [1.82, 2.24) is 15.1 Å². The van der Waals surface area contributed by atoms with Crippen molar-refractivity contribution in [3.8, 4) is 5.69 Å². The molecule has 3 aromatic rings. The Hall–Kier alpha value is -3.24. The number of carbonyl (C=O) groups excluding carboxylic acids is 2. The number of halogens is 2. The molecular weight excluding hydrogens is 510 g/mol. The summed E-state index contributed by atoms with van der Waals surface area (Å²) in [4.78, 5) is 27.9. The molecule has 0 saturated heterocycles. The van der Waals surface area contributed by atoms with E-state index in [4.69, 9.17) is 9.84 Å². The van der Waals surface area contributed by atoms with E-state index in [9.17, 15) is 14.0 Å². The summed E-state index contributed by atoms with van der Waals surface area (Å²) in [6, 6.07) is 11.1. The van der Waals surface area contributed by atoms with Gasteiger partial charge >= 0.3 is 0 Å². The molecule has 2 amide bonds. The molecule has 0 spiro atoms. The zero-order valence-electron chi connectivity index (χ0n) is 22.2. The van der Waals surface area contributed by atoms with Crippen molar-refractivity contribution in [3.05, 3.63) is 76.5 Å². The van der Waals surface area contributed by atoms with E-state index in [-0.39, 0.29) is 29.7 Å². The van der Waals surface area contributed by atoms with Crippen LogP contribution in [0.25, 0.3) is 5.69 Å². The van der Waals surface area contributed by atoms with Gasteiger partial charge in [-0.3, -0.25) is 14.5 Å². The second kappa shape index (κ2) is 11.2. The summed E-state index contributed by atoms with van der Waals surface area (Å²) in [6.45, 7) is 8.32. The molecule has 7 nitrogen and oxygen atoms in total. The first kappa shape index (κ1) is 27.8. The predicted octanol–water partition coefficient (Wildman–Crippen LogP) is 4.69. The molecule has 2 aromatic carbocycles. The van der Waals surface area contributed by atoms with Gasteiger partial charge < -0.3 is 10.1 Å². The lowest BCUT2D eigenvalue weighted by Gasteiger charge is -2.25. The maximum atomic E-state index is 15.2. The monoisotopic (exact) mass is 542 g/mol. The minimum atomic E-state index is -0.699. The van der Waals surface area contributed by atoms with E-state index in [0.717, 1.165) is 17.3 Å². The van der Waals surface area contributed by atoms with Gasteiger partial charge in [-0.2, -0.15) is 5.10 Å². The number of amides is 2. The Morgan fingerprint density at radius 3 is 2.61 bits per heavy atom. The Balaban J connectivity index is 1.99. The number of hydrogen-bond donors (Lipinski definition) is 1. The molecule has 202 valence electrons. The summed E-state index contributed by atoms with van der Waals surface area (Å²) in [5.41, 5.74) is 2.71. The lowest BCUT2D eigenvalue weighted by atomic mass is 9.87. The average molecular weight is 543 g/mol. The first-order chi connectivity index (χ1) is 18.0. The second-order valence-electron chi connectivity index (χ2n) is 10.2. The van der Waals surface area contributed by atoms with E-state index in [1.807, 2.05) is 52.0 Å². The number of aryl methyl sites for hydroxylation is 1. The number of thioether (sulfide) groups is 1. The van der Waals surface area contributed by atoms with Gasteiger partial charge in [0, 0.05) is 36.3 Å². The lowest BCUT2D eigenvalue weighted by molar-refractivity contribution is -0.123. The van der Waals surface area contributed by atoms with Crippen molar-refractivity contribution in [2.75, 3.05) is 37.5 Å². The van der Waals surface area contributed by atoms with Crippen molar-refractivity contribution in [1.29, 1.82) is 0 Å². The second-order valence-corrected chi connectivity index (χ2v) is 11.3. The summed E-state index contributed by atoms with van der Waals surface area (Å²) < 4.78 is 35.8. The van der Waals surface area contributed by atoms with Crippen LogP contribution in [-0.4, -0.2) is 54.2 Å². The zero-order chi connectivity index (χ0) is 27.6. The zero-order valence-corrected chi connectivity index (χ0v) is 23.0. The Bertz CT molecular complexity index is 1350. The Labute approximate surface area is 225 Å². The Kier molecular flexibility index (Phi) is 8.22. The van der Waals surface area contributed by atoms with Crippen LogP contribution < -0.4 is 10.2 Å². The molecule has 0 bridgehead atoms. The van der Waals surface area contributed by atoms with Crippen LogP contribution in [0.5, 0.6) is 0 Å². The highest BCUT2D eigenvalue weighted by Gasteiger charge is 2.40. The highest BCUT2D eigenvalue weighted by molar-refractivity contribution is 8.00. The number of ether oxygens (including phenoxy) is 1. The number of nitrogens with one attached hydrogen (secondary N) is 1. The third-order valence-electron chi connectivity index (χ3n) is 6.32. The van der Waals surface area contributed by atoms with Crippen molar-refractivity contribution in [3.63, 3.8) is 0 Å². The molecule has 1 aliphatic heterocycles. The minimum absolute atomic E-state index is 0.00112. The van der Waals surface area contributed by atoms with Crippen LogP contribution >= 0.6 is 11.8 Å². The third-order valence-corrected chi connectivity index (χ3v) is 7.55. The number of benzene rings is 2. The normalized spacial score (nSPS) is 15.8. The van der Waals surface area contributed by atoms with Crippen molar-refractivity contribution < 1.29 is 23.1 Å². The molecular formula is C28H32F2N4O3S. The lowest BCUT2D eigenvalue weighted by Crippen LogP contribution is -2.43. The molecule has 0 aliphatic carbocycles. The fourth-order valence-corrected chi connectivity index (χ4v) is 5.71. The maximum absolute atomic E-state index is 15.2. The third kappa shape index (κ3) is 5.61. The fourth-order valence-electron chi connectivity index (χ4n) is 4.49. The minimum Gasteiger partial charge on any atom is -0.383 e. The van der Waals surface area contributed by atoms with Crippen LogP contribution in [0.3, 0.4) is 0 Å². The van der Waals surface area contributed by atoms with Gasteiger partial charge in [0.2, 0.25) is 11.8 Å². The van der Waals surface area contributed by atoms with E-state index in [0.29, 0.717) is 30.2 Å². The van der Waals surface area contributed by atoms with Gasteiger partial charge in [0.05, 0.1) is 29.0 Å². The molecule has 1 aromatic heterocycles. The van der Waals surface area contributed by atoms with Gasteiger partial charge in [0.25, 0.3) is 0 Å². The molecule has 0 saturated carbocycles. The Morgan fingerprint density at radius 1 is 1.21 bits per heavy atom. The van der Waals surface area contributed by atoms with Gasteiger partial charge in [0.1, 0.15) is 24.0 Å². The van der Waals surface area contributed by atoms with Crippen LogP contribution in [0.15, 0.2) is 42.5 Å². The van der Waals surface area contributed by atoms with Gasteiger partial charge in [-0.1, -0.05) is 45.0 Å². The summed E-state index contributed by atoms with van der Waals surface area (Å²) in [5.74, 6) is -1.63. The number of carbonyl (C=O) groups is 2. The molecule has 1 aliphatic rings. The average Bonchev–Trinajstić information content (AvgIpc) is 3.18. The van der Waals surface area contributed by atoms with E-state index in [1.165, 1.54) is 35.9 Å². The molecule has 1 atom stereocenters. The quantitative estimate of drug-likeness (QED) is 0.439. The van der Waals surface area contributed by atoms with Crippen LogP contribution in [0, 0.1) is 18.6 Å². The number of fused-ring (bicyclic) bond motifs is 1. The first-order valence-corrected chi connectivity index (χ1v) is 13.4. The summed E-state index contributed by atoms with van der Waals surface area (Å²) in [7, 11) is 1.54. The molecule has 1 N–H and O–H groups in total. The van der Waals surface area contributed by atoms with Crippen LogP contribution in [0.2, 0.25) is 0 Å². The van der Waals surface area contributed by atoms with Crippen LogP contribution in [0.1, 0.15) is 48.4 Å². The highest BCUT2D eigenvalue weighted by Crippen LogP contribution is 2.49. The fraction of sp³-hybridized carbons (Fsp3) is 0.393. The number of hydrogen-bond acceptors (Lipinski definition) is 5. The maximum Gasteiger partial charge on any atom is 0.240 e. The molecule has 2 heterocycles. The molecule has 4 rings (SSSR count). The highest BCUT2D eigenvalue weighted by atomic mass is 32.2. The largest absolute Gasteiger partial charge is 0.383 e. The topological polar surface area (TPSA) is 76.5 Å². The van der Waals surface area contributed by atoms with Crippen molar-refractivity contribution in [2.24, 2.45) is 0 Å². The van der Waals surface area contributed by atoms with E-state index >= 15 is 4.39 Å². The molecule has 38 heavy (non-hydrogen) atoms. The smallest absolute Gasteiger partial charge is 0.240 e. The molecule has 0 fully saturated rings. The van der Waals surface area contributed by atoms with Crippen LogP contribution in [0.4, 0.5) is 14.6 Å². The molecule has 1 unspecified atom stereocenters. The number of methoxy groups -OCH3 is 1. The predicted molar refractivity (Wildman–Crippen MR) is 145 cm³/mol. The standard InChI is InChI=1S/C28H32F2N4O3S/c1-17-8-6-7-9-21(17)34-27-24(26(32-34)28(2,3)4)25(19-11-10-18(29)14-20(19)30)38-16-23(36)33(27)15-22(35)31-12-13-37-5/h6-11,14,25H,12-13,15-16H2,1-5H3,(H,31,35). The summed E-state index contributed by atoms with van der Waals surface area (Å²) in [6.07, 6.45) is 0. The number of anilines is 1. The number of aromatic nitrogens is 2. The van der Waals surface area contributed by atoms with Gasteiger partial charge in [-0.15, -0.1) is 11.8 Å². The summed E-state index contributed by atoms with van der Waals surface area (Å²) >= 11 is 1.24. The summed E-state index contributed by atoms with van der Waals surface area (Å²) in [5, 5.41) is 7.11. The number of para-hydroxylation sites is 1. The van der Waals surface area contributed by atoms with E-state index in [1.54, 1.807) is 4.68 Å². The van der Waals surface area contributed by atoms with Gasteiger partial charge in [0.15, 0.2) is 0 Å². The first-order valence-electron chi connectivity index (χ1n) is 12.3. The Morgan fingerprint density at radius 2 is 1.95 bits per heavy atom.